The summed E-state index contributed by atoms with van der Waals surface area (Å²) >= 11 is 6.17. The molecule has 2 fully saturated rings. The Morgan fingerprint density at radius 2 is 1.97 bits per heavy atom. The molecule has 0 aliphatic carbocycles. The molecule has 3 heterocycles. The van der Waals surface area contributed by atoms with Gasteiger partial charge in [0.2, 0.25) is 11.8 Å². The zero-order valence-corrected chi connectivity index (χ0v) is 17.4. The Morgan fingerprint density at radius 3 is 2.77 bits per heavy atom. The number of carbonyl (C=O) groups excluding carboxylic acids is 2. The minimum Gasteiger partial charge on any atom is -0.352 e. The Bertz CT molecular complexity index is 894. The molecule has 0 saturated carbocycles. The maximum absolute atomic E-state index is 13.0. The molecular weight excluding hydrogens is 402 g/mol. The van der Waals surface area contributed by atoms with Crippen LogP contribution in [0.2, 0.25) is 5.02 Å². The van der Waals surface area contributed by atoms with Crippen LogP contribution < -0.4 is 16.2 Å². The molecular formula is C22H26ClN5O2. The fourth-order valence-electron chi connectivity index (χ4n) is 4.11. The monoisotopic (exact) mass is 427 g/mol. The number of pyridine rings is 1. The summed E-state index contributed by atoms with van der Waals surface area (Å²) in [4.78, 5) is 31.6. The maximum Gasteiger partial charge on any atom is 0.241 e. The van der Waals surface area contributed by atoms with Gasteiger partial charge in [0.25, 0.3) is 0 Å². The third-order valence-electron chi connectivity index (χ3n) is 5.82. The van der Waals surface area contributed by atoms with Gasteiger partial charge in [0.15, 0.2) is 0 Å². The molecule has 2 amide bonds. The zero-order chi connectivity index (χ0) is 20.9. The SMILES string of the molecule is O=C(NCc1ccccc1Cl)C1CCCN(C(=O)C2CC(c3ccncc3)NN2)C1. The summed E-state index contributed by atoms with van der Waals surface area (Å²) < 4.78 is 0. The number of hydrogen-bond donors (Lipinski definition) is 3. The molecule has 8 heteroatoms. The van der Waals surface area contributed by atoms with Gasteiger partial charge in [-0.1, -0.05) is 29.8 Å². The van der Waals surface area contributed by atoms with Gasteiger partial charge in [-0.2, -0.15) is 0 Å². The number of benzene rings is 1. The number of hydrazine groups is 1. The van der Waals surface area contributed by atoms with E-state index in [1.54, 1.807) is 12.4 Å². The van der Waals surface area contributed by atoms with Crippen LogP contribution in [0, 0.1) is 5.92 Å². The second kappa shape index (κ2) is 9.55. The first-order valence-corrected chi connectivity index (χ1v) is 10.7. The van der Waals surface area contributed by atoms with Gasteiger partial charge in [0, 0.05) is 43.1 Å². The average molecular weight is 428 g/mol. The summed E-state index contributed by atoms with van der Waals surface area (Å²) in [5.41, 5.74) is 8.31. The van der Waals surface area contributed by atoms with Crippen LogP contribution in [-0.2, 0) is 16.1 Å². The lowest BCUT2D eigenvalue weighted by Gasteiger charge is -2.33. The van der Waals surface area contributed by atoms with Crippen molar-refractivity contribution in [1.29, 1.82) is 0 Å². The lowest BCUT2D eigenvalue weighted by molar-refractivity contribution is -0.137. The van der Waals surface area contributed by atoms with E-state index in [-0.39, 0.29) is 29.8 Å². The Kier molecular flexibility index (Phi) is 6.62. The van der Waals surface area contributed by atoms with Gasteiger partial charge >= 0.3 is 0 Å². The largest absolute Gasteiger partial charge is 0.352 e. The van der Waals surface area contributed by atoms with E-state index in [0.29, 0.717) is 31.1 Å². The number of rotatable bonds is 5. The van der Waals surface area contributed by atoms with Crippen molar-refractivity contribution in [2.24, 2.45) is 5.92 Å². The standard InChI is InChI=1S/C22H26ClN5O2/c23-18-6-2-1-4-16(18)13-25-21(29)17-5-3-11-28(14-17)22(30)20-12-19(26-27-20)15-7-9-24-10-8-15/h1-2,4,6-10,17,19-20,26-27H,3,5,11-14H2,(H,25,29). The highest BCUT2D eigenvalue weighted by Gasteiger charge is 2.36. The van der Waals surface area contributed by atoms with Gasteiger partial charge in [0.05, 0.1) is 5.92 Å². The van der Waals surface area contributed by atoms with E-state index < -0.39 is 0 Å². The normalized spacial score (nSPS) is 23.9. The zero-order valence-electron chi connectivity index (χ0n) is 16.7. The van der Waals surface area contributed by atoms with Crippen molar-refractivity contribution < 1.29 is 9.59 Å². The first-order chi connectivity index (χ1) is 14.6. The second-order valence-corrected chi connectivity index (χ2v) is 8.25. The molecule has 2 aromatic rings. The lowest BCUT2D eigenvalue weighted by atomic mass is 9.95. The summed E-state index contributed by atoms with van der Waals surface area (Å²) in [5, 5.41) is 3.61. The van der Waals surface area contributed by atoms with Crippen LogP contribution in [0.5, 0.6) is 0 Å². The number of hydrogen-bond acceptors (Lipinski definition) is 5. The quantitative estimate of drug-likeness (QED) is 0.681. The van der Waals surface area contributed by atoms with Crippen molar-refractivity contribution in [1.82, 2.24) is 26.1 Å². The first-order valence-electron chi connectivity index (χ1n) is 10.3. The molecule has 7 nitrogen and oxygen atoms in total. The van der Waals surface area contributed by atoms with E-state index in [4.69, 9.17) is 11.6 Å². The third-order valence-corrected chi connectivity index (χ3v) is 6.19. The van der Waals surface area contributed by atoms with Gasteiger partial charge in [0.1, 0.15) is 6.04 Å². The van der Waals surface area contributed by atoms with Gasteiger partial charge in [-0.3, -0.25) is 14.6 Å². The average Bonchev–Trinajstić information content (AvgIpc) is 3.29. The predicted octanol–water partition coefficient (Wildman–Crippen LogP) is 2.20. The molecule has 0 radical (unpaired) electrons. The van der Waals surface area contributed by atoms with Gasteiger partial charge in [-0.15, -0.1) is 0 Å². The van der Waals surface area contributed by atoms with Crippen molar-refractivity contribution in [3.05, 3.63) is 64.9 Å². The number of halogens is 1. The minimum absolute atomic E-state index is 0.0282. The van der Waals surface area contributed by atoms with E-state index in [9.17, 15) is 9.59 Å². The van der Waals surface area contributed by atoms with Crippen molar-refractivity contribution in [3.63, 3.8) is 0 Å². The van der Waals surface area contributed by atoms with E-state index in [2.05, 4.69) is 21.2 Å². The van der Waals surface area contributed by atoms with Gasteiger partial charge in [-0.05, 0) is 48.6 Å². The van der Waals surface area contributed by atoms with E-state index in [0.717, 1.165) is 24.0 Å². The third kappa shape index (κ3) is 4.80. The second-order valence-electron chi connectivity index (χ2n) is 7.84. The van der Waals surface area contributed by atoms with Crippen molar-refractivity contribution in [3.8, 4) is 0 Å². The van der Waals surface area contributed by atoms with Crippen LogP contribution in [0.25, 0.3) is 0 Å². The van der Waals surface area contributed by atoms with Crippen LogP contribution >= 0.6 is 11.6 Å². The molecule has 3 atom stereocenters. The van der Waals surface area contributed by atoms with Gasteiger partial charge < -0.3 is 10.2 Å². The van der Waals surface area contributed by atoms with E-state index in [1.165, 1.54) is 0 Å². The Balaban J connectivity index is 1.30. The van der Waals surface area contributed by atoms with Gasteiger partial charge in [-0.25, -0.2) is 10.9 Å². The van der Waals surface area contributed by atoms with E-state index in [1.807, 2.05) is 41.3 Å². The number of nitrogens with zero attached hydrogens (tertiary/aromatic N) is 2. The smallest absolute Gasteiger partial charge is 0.241 e. The van der Waals surface area contributed by atoms with Crippen LogP contribution in [0.4, 0.5) is 0 Å². The molecule has 2 aliphatic rings. The fourth-order valence-corrected chi connectivity index (χ4v) is 4.32. The molecule has 4 rings (SSSR count). The molecule has 2 saturated heterocycles. The Hall–Kier alpha value is -2.48. The van der Waals surface area contributed by atoms with Crippen LogP contribution in [0.1, 0.15) is 36.4 Å². The Morgan fingerprint density at radius 1 is 1.17 bits per heavy atom. The summed E-state index contributed by atoms with van der Waals surface area (Å²) in [6, 6.07) is 11.1. The number of likely N-dealkylation sites (tertiary alicyclic amines) is 1. The summed E-state index contributed by atoms with van der Waals surface area (Å²) in [6.45, 7) is 1.53. The molecule has 158 valence electrons. The highest BCUT2D eigenvalue weighted by atomic mass is 35.5. The number of carbonyl (C=O) groups is 2. The molecule has 3 N–H and O–H groups in total. The number of aromatic nitrogens is 1. The molecule has 3 unspecified atom stereocenters. The van der Waals surface area contributed by atoms with Crippen molar-refractivity contribution in [2.45, 2.75) is 37.9 Å². The highest BCUT2D eigenvalue weighted by molar-refractivity contribution is 6.31. The highest BCUT2D eigenvalue weighted by Crippen LogP contribution is 2.24. The van der Waals surface area contributed by atoms with Crippen LogP contribution in [0.15, 0.2) is 48.8 Å². The summed E-state index contributed by atoms with van der Waals surface area (Å²) in [5.74, 6) is -0.183. The topological polar surface area (TPSA) is 86.4 Å². The van der Waals surface area contributed by atoms with E-state index >= 15 is 0 Å². The lowest BCUT2D eigenvalue weighted by Crippen LogP contribution is -2.51. The number of amides is 2. The maximum atomic E-state index is 13.0. The predicted molar refractivity (Wildman–Crippen MR) is 114 cm³/mol. The molecule has 30 heavy (non-hydrogen) atoms. The molecule has 1 aromatic heterocycles. The molecule has 2 aliphatic heterocycles. The summed E-state index contributed by atoms with van der Waals surface area (Å²) in [7, 11) is 0. The number of piperidine rings is 1. The molecule has 0 spiro atoms. The van der Waals surface area contributed by atoms with Crippen LogP contribution in [-0.4, -0.2) is 40.8 Å². The fraction of sp³-hybridized carbons (Fsp3) is 0.409. The minimum atomic E-state index is -0.298. The molecule has 0 bridgehead atoms. The van der Waals surface area contributed by atoms with Crippen molar-refractivity contribution >= 4 is 23.4 Å². The molecule has 1 aromatic carbocycles. The first kappa shape index (κ1) is 20.8. The Labute approximate surface area is 181 Å². The van der Waals surface area contributed by atoms with Crippen LogP contribution in [0.3, 0.4) is 0 Å². The summed E-state index contributed by atoms with van der Waals surface area (Å²) in [6.07, 6.45) is 5.78. The van der Waals surface area contributed by atoms with Crippen molar-refractivity contribution in [2.75, 3.05) is 13.1 Å². The number of nitrogens with one attached hydrogen (secondary N) is 3.